The van der Waals surface area contributed by atoms with Crippen LogP contribution in [0, 0.1) is 0 Å². The van der Waals surface area contributed by atoms with E-state index in [0.717, 1.165) is 18.5 Å². The fourth-order valence-electron chi connectivity index (χ4n) is 4.89. The molecule has 0 amide bonds. The monoisotopic (exact) mass is 478 g/mol. The van der Waals surface area contributed by atoms with Crippen molar-refractivity contribution in [1.29, 1.82) is 0 Å². The van der Waals surface area contributed by atoms with Crippen LogP contribution in [0.4, 0.5) is 0 Å². The molecule has 2 nitrogen and oxygen atoms in total. The summed E-state index contributed by atoms with van der Waals surface area (Å²) in [4.78, 5) is 0. The van der Waals surface area contributed by atoms with Gasteiger partial charge in [0.1, 0.15) is 6.17 Å². The van der Waals surface area contributed by atoms with E-state index < -0.39 is 0 Å². The van der Waals surface area contributed by atoms with E-state index >= 15 is 0 Å². The third kappa shape index (κ3) is 3.34. The van der Waals surface area contributed by atoms with Crippen LogP contribution in [0.15, 0.2) is 102 Å². The second kappa shape index (κ2) is 7.99. The highest BCUT2D eigenvalue weighted by atomic mass is 79.9. The molecule has 156 valence electrons. The van der Waals surface area contributed by atoms with Gasteiger partial charge in [-0.25, -0.2) is 0 Å². The van der Waals surface area contributed by atoms with Crippen molar-refractivity contribution in [1.82, 2.24) is 9.88 Å². The van der Waals surface area contributed by atoms with Crippen molar-refractivity contribution in [3.8, 4) is 0 Å². The topological polar surface area (TPSA) is 17.0 Å². The zero-order valence-corrected chi connectivity index (χ0v) is 19.2. The lowest BCUT2D eigenvalue weighted by Gasteiger charge is -2.29. The van der Waals surface area contributed by atoms with Crippen LogP contribution in [0.25, 0.3) is 28.2 Å². The van der Waals surface area contributed by atoms with E-state index in [4.69, 9.17) is 0 Å². The quantitative estimate of drug-likeness (QED) is 0.321. The third-order valence-electron chi connectivity index (χ3n) is 6.37. The van der Waals surface area contributed by atoms with E-state index in [9.17, 15) is 0 Å². The second-order valence-electron chi connectivity index (χ2n) is 8.34. The van der Waals surface area contributed by atoms with Gasteiger partial charge in [0.25, 0.3) is 0 Å². The molecule has 0 saturated heterocycles. The predicted molar refractivity (Wildman–Crippen MR) is 138 cm³/mol. The number of rotatable bonds is 3. The summed E-state index contributed by atoms with van der Waals surface area (Å²) in [7, 11) is 0. The molecule has 1 aromatic heterocycles. The molecule has 32 heavy (non-hydrogen) atoms. The molecule has 3 heteroatoms. The number of halogens is 1. The molecule has 1 atom stereocenters. The molecule has 1 N–H and O–H groups in total. The summed E-state index contributed by atoms with van der Waals surface area (Å²) in [6.45, 7) is 0. The van der Waals surface area contributed by atoms with E-state index in [0.29, 0.717) is 0 Å². The fourth-order valence-corrected chi connectivity index (χ4v) is 5.32. The Bertz CT molecular complexity index is 1390. The lowest BCUT2D eigenvalue weighted by atomic mass is 9.98. The number of nitrogens with zero attached hydrogens (tertiary/aromatic N) is 1. The van der Waals surface area contributed by atoms with Gasteiger partial charge in [-0.15, -0.1) is 0 Å². The van der Waals surface area contributed by atoms with Gasteiger partial charge >= 0.3 is 0 Å². The zero-order chi connectivity index (χ0) is 21.5. The Balaban J connectivity index is 1.56. The number of nitrogens with one attached hydrogen (secondary N) is 1. The minimum absolute atomic E-state index is 0.0318. The standard InChI is InChI=1S/C29H23BrN2/c30-23-15-16-28-25(19-23)24-13-7-8-14-27(24)32(28)29-18-22(20-9-3-1-4-10-20)17-26(31-29)21-11-5-2-6-12-21/h1-14,17-19,29,31H,15-16H2. The Morgan fingerprint density at radius 3 is 2.22 bits per heavy atom. The highest BCUT2D eigenvalue weighted by Gasteiger charge is 2.25. The Hall–Kier alpha value is -3.30. The number of aromatic nitrogens is 1. The summed E-state index contributed by atoms with van der Waals surface area (Å²) in [6, 6.07) is 30.1. The van der Waals surface area contributed by atoms with Gasteiger partial charge in [0.05, 0.1) is 5.52 Å². The fraction of sp³-hybridized carbons (Fsp3) is 0.103. The van der Waals surface area contributed by atoms with Gasteiger partial charge in [-0.3, -0.25) is 0 Å². The van der Waals surface area contributed by atoms with Gasteiger partial charge < -0.3 is 9.88 Å². The molecular weight excluding hydrogens is 456 g/mol. The maximum absolute atomic E-state index is 3.84. The zero-order valence-electron chi connectivity index (χ0n) is 17.6. The van der Waals surface area contributed by atoms with Gasteiger partial charge in [-0.2, -0.15) is 0 Å². The lowest BCUT2D eigenvalue weighted by molar-refractivity contribution is 0.552. The van der Waals surface area contributed by atoms with E-state index in [1.165, 1.54) is 43.3 Å². The number of hydrogen-bond donors (Lipinski definition) is 1. The van der Waals surface area contributed by atoms with Crippen LogP contribution in [0.3, 0.4) is 0 Å². The van der Waals surface area contributed by atoms with Crippen molar-refractivity contribution in [3.63, 3.8) is 0 Å². The van der Waals surface area contributed by atoms with Crippen LogP contribution >= 0.6 is 15.9 Å². The highest BCUT2D eigenvalue weighted by Crippen LogP contribution is 2.39. The molecule has 1 unspecified atom stereocenters. The molecule has 1 aliphatic carbocycles. The summed E-state index contributed by atoms with van der Waals surface area (Å²) in [6.07, 6.45) is 9.03. The molecule has 1 aliphatic heterocycles. The third-order valence-corrected chi connectivity index (χ3v) is 6.99. The average Bonchev–Trinajstić information content (AvgIpc) is 3.18. The number of benzene rings is 3. The first kappa shape index (κ1) is 19.4. The van der Waals surface area contributed by atoms with Gasteiger partial charge in [-0.05, 0) is 58.3 Å². The minimum atomic E-state index is 0.0318. The second-order valence-corrected chi connectivity index (χ2v) is 9.36. The van der Waals surface area contributed by atoms with Crippen molar-refractivity contribution >= 4 is 44.2 Å². The number of allylic oxidation sites excluding steroid dienone is 3. The molecule has 3 aromatic carbocycles. The molecule has 4 aromatic rings. The van der Waals surface area contributed by atoms with Crippen LogP contribution in [-0.4, -0.2) is 4.57 Å². The van der Waals surface area contributed by atoms with Crippen LogP contribution in [0.2, 0.25) is 0 Å². The van der Waals surface area contributed by atoms with Gasteiger partial charge in [0.15, 0.2) is 0 Å². The molecule has 6 rings (SSSR count). The minimum Gasteiger partial charge on any atom is -0.361 e. The van der Waals surface area contributed by atoms with Gasteiger partial charge in [0, 0.05) is 22.3 Å². The summed E-state index contributed by atoms with van der Waals surface area (Å²) < 4.78 is 3.77. The van der Waals surface area contributed by atoms with Gasteiger partial charge in [0.2, 0.25) is 0 Å². The van der Waals surface area contributed by atoms with Crippen molar-refractivity contribution in [2.24, 2.45) is 0 Å². The maximum atomic E-state index is 3.84. The number of hydrogen-bond acceptors (Lipinski definition) is 1. The first-order chi connectivity index (χ1) is 15.8. The van der Waals surface area contributed by atoms with Crippen LogP contribution in [-0.2, 0) is 6.42 Å². The van der Waals surface area contributed by atoms with Crippen molar-refractivity contribution in [2.45, 2.75) is 19.0 Å². The van der Waals surface area contributed by atoms with Crippen molar-refractivity contribution in [3.05, 3.63) is 124 Å². The molecule has 0 saturated carbocycles. The van der Waals surface area contributed by atoms with E-state index in [1.807, 2.05) is 0 Å². The van der Waals surface area contributed by atoms with E-state index in [2.05, 4.69) is 129 Å². The molecule has 2 aliphatic rings. The summed E-state index contributed by atoms with van der Waals surface area (Å²) in [5.74, 6) is 0. The van der Waals surface area contributed by atoms with E-state index in [1.54, 1.807) is 0 Å². The predicted octanol–water partition coefficient (Wildman–Crippen LogP) is 7.55. The molecule has 0 spiro atoms. The first-order valence-electron chi connectivity index (χ1n) is 11.1. The Morgan fingerprint density at radius 1 is 0.750 bits per heavy atom. The van der Waals surface area contributed by atoms with Crippen molar-refractivity contribution < 1.29 is 0 Å². The van der Waals surface area contributed by atoms with Crippen LogP contribution in [0.5, 0.6) is 0 Å². The largest absolute Gasteiger partial charge is 0.361 e. The first-order valence-corrected chi connectivity index (χ1v) is 11.9. The molecular formula is C29H23BrN2. The van der Waals surface area contributed by atoms with Crippen LogP contribution in [0.1, 0.15) is 35.0 Å². The smallest absolute Gasteiger partial charge is 0.124 e. The molecule has 0 fully saturated rings. The molecule has 0 bridgehead atoms. The highest BCUT2D eigenvalue weighted by molar-refractivity contribution is 9.11. The summed E-state index contributed by atoms with van der Waals surface area (Å²) in [5.41, 5.74) is 8.83. The molecule has 0 radical (unpaired) electrons. The van der Waals surface area contributed by atoms with Crippen molar-refractivity contribution in [2.75, 3.05) is 0 Å². The Morgan fingerprint density at radius 2 is 1.44 bits per heavy atom. The summed E-state index contributed by atoms with van der Waals surface area (Å²) >= 11 is 3.74. The number of fused-ring (bicyclic) bond motifs is 3. The number of para-hydroxylation sites is 1. The Kier molecular flexibility index (Phi) is 4.84. The normalized spacial score (nSPS) is 17.8. The Labute approximate surface area is 196 Å². The lowest BCUT2D eigenvalue weighted by Crippen LogP contribution is -2.28. The van der Waals surface area contributed by atoms with Gasteiger partial charge in [-0.1, -0.05) is 94.8 Å². The average molecular weight is 479 g/mol. The van der Waals surface area contributed by atoms with Crippen LogP contribution < -0.4 is 5.32 Å². The summed E-state index contributed by atoms with van der Waals surface area (Å²) in [5, 5.41) is 5.15. The maximum Gasteiger partial charge on any atom is 0.124 e. The van der Waals surface area contributed by atoms with E-state index in [-0.39, 0.29) is 6.17 Å². The number of dihydropyridines is 1. The SMILES string of the molecule is BrC1=Cc2c(n(C3C=C(c4ccccc4)C=C(c4ccccc4)N3)c3ccccc23)CC1. The molecule has 2 heterocycles.